The molecule has 0 aliphatic carbocycles. The molecule has 14 heavy (non-hydrogen) atoms. The number of nitrogens with one attached hydrogen (secondary N) is 1. The van der Waals surface area contributed by atoms with Crippen molar-refractivity contribution in [1.82, 2.24) is 10.2 Å². The zero-order chi connectivity index (χ0) is 9.80. The van der Waals surface area contributed by atoms with Gasteiger partial charge >= 0.3 is 0 Å². The van der Waals surface area contributed by atoms with Gasteiger partial charge in [-0.3, -0.25) is 4.79 Å². The van der Waals surface area contributed by atoms with Crippen LogP contribution in [-0.4, -0.2) is 37.0 Å². The molecule has 1 N–H and O–H groups in total. The van der Waals surface area contributed by atoms with Gasteiger partial charge in [-0.25, -0.2) is 0 Å². The number of hydrogen-bond donors (Lipinski definition) is 1. The summed E-state index contributed by atoms with van der Waals surface area (Å²) in [6.45, 7) is 3.67. The normalized spacial score (nSPS) is 27.7. The molecule has 2 aliphatic heterocycles. The highest BCUT2D eigenvalue weighted by molar-refractivity contribution is 5.79. The van der Waals surface area contributed by atoms with Gasteiger partial charge in [0, 0.05) is 19.6 Å². The van der Waals surface area contributed by atoms with Crippen LogP contribution in [0.3, 0.4) is 0 Å². The summed E-state index contributed by atoms with van der Waals surface area (Å²) in [5.74, 6) is 0.580. The largest absolute Gasteiger partial charge is 0.338 e. The molecule has 0 bridgehead atoms. The lowest BCUT2D eigenvalue weighted by atomic mass is 9.97. The van der Waals surface area contributed by atoms with Crippen LogP contribution in [-0.2, 0) is 4.79 Å². The molecule has 3 heteroatoms. The van der Waals surface area contributed by atoms with Crippen LogP contribution >= 0.6 is 0 Å². The number of nitrogens with zero attached hydrogens (tertiary/aromatic N) is 1. The third kappa shape index (κ3) is 2.15. The molecule has 1 saturated heterocycles. The predicted molar refractivity (Wildman–Crippen MR) is 55.9 cm³/mol. The van der Waals surface area contributed by atoms with Crippen LogP contribution in [0.25, 0.3) is 0 Å². The number of carbonyl (C=O) groups excluding carboxylic acids is 1. The molecule has 0 spiro atoms. The summed E-state index contributed by atoms with van der Waals surface area (Å²) < 4.78 is 0. The maximum atomic E-state index is 12.0. The average Bonchev–Trinajstić information content (AvgIpc) is 2.30. The van der Waals surface area contributed by atoms with E-state index in [0.717, 1.165) is 45.4 Å². The fraction of sp³-hybridized carbons (Fsp3) is 0.727. The summed E-state index contributed by atoms with van der Waals surface area (Å²) in [4.78, 5) is 14.0. The van der Waals surface area contributed by atoms with Crippen molar-refractivity contribution in [3.8, 4) is 0 Å². The Morgan fingerprint density at radius 3 is 3.00 bits per heavy atom. The first-order chi connectivity index (χ1) is 6.88. The molecule has 0 saturated carbocycles. The second-order valence-corrected chi connectivity index (χ2v) is 4.09. The summed E-state index contributed by atoms with van der Waals surface area (Å²) in [7, 11) is 0. The van der Waals surface area contributed by atoms with Gasteiger partial charge in [-0.2, -0.15) is 0 Å². The molecule has 0 aromatic rings. The van der Waals surface area contributed by atoms with E-state index in [-0.39, 0.29) is 5.92 Å². The van der Waals surface area contributed by atoms with Crippen LogP contribution in [0.5, 0.6) is 0 Å². The van der Waals surface area contributed by atoms with Gasteiger partial charge in [0.2, 0.25) is 5.91 Å². The van der Waals surface area contributed by atoms with Gasteiger partial charge in [0.1, 0.15) is 0 Å². The van der Waals surface area contributed by atoms with E-state index in [1.165, 1.54) is 0 Å². The molecule has 78 valence electrons. The summed E-state index contributed by atoms with van der Waals surface area (Å²) in [5.41, 5.74) is 0. The topological polar surface area (TPSA) is 32.3 Å². The highest BCUT2D eigenvalue weighted by atomic mass is 16.2. The molecule has 1 atom stereocenters. The number of rotatable bonds is 1. The maximum Gasteiger partial charge on any atom is 0.227 e. The maximum absolute atomic E-state index is 12.0. The van der Waals surface area contributed by atoms with E-state index >= 15 is 0 Å². The van der Waals surface area contributed by atoms with Crippen LogP contribution in [0.15, 0.2) is 12.2 Å². The van der Waals surface area contributed by atoms with Crippen molar-refractivity contribution in [1.29, 1.82) is 0 Å². The summed E-state index contributed by atoms with van der Waals surface area (Å²) in [5, 5.41) is 3.29. The first kappa shape index (κ1) is 9.71. The van der Waals surface area contributed by atoms with Crippen LogP contribution in [0.2, 0.25) is 0 Å². The van der Waals surface area contributed by atoms with Gasteiger partial charge in [-0.1, -0.05) is 12.2 Å². The quantitative estimate of drug-likeness (QED) is 0.625. The van der Waals surface area contributed by atoms with Gasteiger partial charge in [0.25, 0.3) is 0 Å². The Bertz CT molecular complexity index is 231. The van der Waals surface area contributed by atoms with Crippen molar-refractivity contribution in [3.63, 3.8) is 0 Å². The van der Waals surface area contributed by atoms with Crippen molar-refractivity contribution in [2.45, 2.75) is 19.3 Å². The summed E-state index contributed by atoms with van der Waals surface area (Å²) in [6, 6.07) is 0. The van der Waals surface area contributed by atoms with Crippen LogP contribution in [0.4, 0.5) is 0 Å². The third-order valence-electron chi connectivity index (χ3n) is 3.02. The molecule has 3 nitrogen and oxygen atoms in total. The third-order valence-corrected chi connectivity index (χ3v) is 3.02. The number of carbonyl (C=O) groups is 1. The lowest BCUT2D eigenvalue weighted by Crippen LogP contribution is -2.44. The first-order valence-electron chi connectivity index (χ1n) is 5.52. The second-order valence-electron chi connectivity index (χ2n) is 4.09. The van der Waals surface area contributed by atoms with Crippen molar-refractivity contribution >= 4 is 5.91 Å². The first-order valence-corrected chi connectivity index (χ1v) is 5.52. The second kappa shape index (κ2) is 4.60. The van der Waals surface area contributed by atoms with Gasteiger partial charge in [-0.15, -0.1) is 0 Å². The fourth-order valence-corrected chi connectivity index (χ4v) is 2.16. The summed E-state index contributed by atoms with van der Waals surface area (Å²) in [6.07, 6.45) is 7.47. The SMILES string of the molecule is O=C(C1CCCNC1)N1CC=CCC1. The monoisotopic (exact) mass is 194 g/mol. The van der Waals surface area contributed by atoms with Gasteiger partial charge in [0.05, 0.1) is 5.92 Å². The zero-order valence-corrected chi connectivity index (χ0v) is 8.54. The molecule has 0 aromatic carbocycles. The van der Waals surface area contributed by atoms with Crippen molar-refractivity contribution in [3.05, 3.63) is 12.2 Å². The number of piperidine rings is 1. The molecular formula is C11H18N2O. The lowest BCUT2D eigenvalue weighted by molar-refractivity contribution is -0.135. The molecule has 0 radical (unpaired) electrons. The molecule has 1 fully saturated rings. The Hall–Kier alpha value is -0.830. The Morgan fingerprint density at radius 1 is 1.43 bits per heavy atom. The van der Waals surface area contributed by atoms with E-state index in [1.54, 1.807) is 0 Å². The lowest BCUT2D eigenvalue weighted by Gasteiger charge is -2.30. The molecule has 2 aliphatic rings. The van der Waals surface area contributed by atoms with Crippen molar-refractivity contribution in [2.24, 2.45) is 5.92 Å². The zero-order valence-electron chi connectivity index (χ0n) is 8.54. The van der Waals surface area contributed by atoms with E-state index < -0.39 is 0 Å². The van der Waals surface area contributed by atoms with Gasteiger partial charge in [-0.05, 0) is 25.8 Å². The minimum atomic E-state index is 0.232. The highest BCUT2D eigenvalue weighted by Crippen LogP contribution is 2.15. The van der Waals surface area contributed by atoms with Gasteiger partial charge in [0.15, 0.2) is 0 Å². The molecule has 0 aromatic heterocycles. The average molecular weight is 194 g/mol. The minimum Gasteiger partial charge on any atom is -0.338 e. The van der Waals surface area contributed by atoms with E-state index in [4.69, 9.17) is 0 Å². The molecule has 1 unspecified atom stereocenters. The standard InChI is InChI=1S/C11H18N2O/c14-11(10-5-4-6-12-9-10)13-7-2-1-3-8-13/h1-2,10,12H,3-9H2. The minimum absolute atomic E-state index is 0.232. The molecule has 1 amide bonds. The van der Waals surface area contributed by atoms with Gasteiger partial charge < -0.3 is 10.2 Å². The number of amides is 1. The Kier molecular flexibility index (Phi) is 3.19. The summed E-state index contributed by atoms with van der Waals surface area (Å²) >= 11 is 0. The molecule has 2 rings (SSSR count). The van der Waals surface area contributed by atoms with Crippen molar-refractivity contribution in [2.75, 3.05) is 26.2 Å². The van der Waals surface area contributed by atoms with E-state index in [9.17, 15) is 4.79 Å². The van der Waals surface area contributed by atoms with Crippen LogP contribution in [0, 0.1) is 5.92 Å². The fourth-order valence-electron chi connectivity index (χ4n) is 2.16. The van der Waals surface area contributed by atoms with E-state index in [1.807, 2.05) is 4.90 Å². The predicted octanol–water partition coefficient (Wildman–Crippen LogP) is 0.774. The Balaban J connectivity index is 1.89. The van der Waals surface area contributed by atoms with Crippen LogP contribution in [0.1, 0.15) is 19.3 Å². The Labute approximate surface area is 85.2 Å². The highest BCUT2D eigenvalue weighted by Gasteiger charge is 2.25. The molecular weight excluding hydrogens is 176 g/mol. The van der Waals surface area contributed by atoms with Crippen molar-refractivity contribution < 1.29 is 4.79 Å². The molecule has 2 heterocycles. The Morgan fingerprint density at radius 2 is 2.36 bits per heavy atom. The number of hydrogen-bond acceptors (Lipinski definition) is 2. The van der Waals surface area contributed by atoms with E-state index in [2.05, 4.69) is 17.5 Å². The van der Waals surface area contributed by atoms with Crippen LogP contribution < -0.4 is 5.32 Å². The van der Waals surface area contributed by atoms with E-state index in [0.29, 0.717) is 5.91 Å². The smallest absolute Gasteiger partial charge is 0.227 e.